The molecule has 0 aromatic carbocycles. The van der Waals surface area contributed by atoms with Crippen molar-refractivity contribution in [1.82, 2.24) is 9.78 Å². The molecule has 2 rings (SSSR count). The largest absolute Gasteiger partial charge is 0.379 e. The van der Waals surface area contributed by atoms with Gasteiger partial charge >= 0.3 is 0 Å². The lowest BCUT2D eigenvalue weighted by Gasteiger charge is -2.22. The van der Waals surface area contributed by atoms with Crippen LogP contribution in [0.25, 0.3) is 0 Å². The summed E-state index contributed by atoms with van der Waals surface area (Å²) >= 11 is 0. The fraction of sp³-hybridized carbons (Fsp3) is 0.786. The van der Waals surface area contributed by atoms with Crippen LogP contribution >= 0.6 is 0 Å². The van der Waals surface area contributed by atoms with Crippen molar-refractivity contribution in [3.8, 4) is 0 Å². The van der Waals surface area contributed by atoms with Gasteiger partial charge in [-0.1, -0.05) is 34.6 Å². The van der Waals surface area contributed by atoms with Crippen LogP contribution in [0.15, 0.2) is 6.07 Å². The van der Waals surface area contributed by atoms with Gasteiger partial charge < -0.3 is 4.74 Å². The highest BCUT2D eigenvalue weighted by Gasteiger charge is 2.27. The summed E-state index contributed by atoms with van der Waals surface area (Å²) in [6.45, 7) is 12.8. The maximum Gasteiger partial charge on any atom is 0.0778 e. The number of nitrogens with zero attached hydrogens (tertiary/aromatic N) is 2. The lowest BCUT2D eigenvalue weighted by atomic mass is 9.91. The van der Waals surface area contributed by atoms with E-state index in [1.54, 1.807) is 0 Å². The van der Waals surface area contributed by atoms with Crippen LogP contribution < -0.4 is 0 Å². The molecule has 1 aliphatic heterocycles. The first-order valence-corrected chi connectivity index (χ1v) is 6.57. The normalized spacial score (nSPS) is 21.4. The van der Waals surface area contributed by atoms with Crippen molar-refractivity contribution in [2.24, 2.45) is 0 Å². The Bertz CT molecular complexity index is 381. The second-order valence-corrected chi connectivity index (χ2v) is 6.32. The fourth-order valence-electron chi connectivity index (χ4n) is 2.25. The minimum Gasteiger partial charge on any atom is -0.379 e. The van der Waals surface area contributed by atoms with Gasteiger partial charge in [0.15, 0.2) is 0 Å². The first-order chi connectivity index (χ1) is 7.89. The summed E-state index contributed by atoms with van der Waals surface area (Å²) in [5.41, 5.74) is 2.67. The van der Waals surface area contributed by atoms with E-state index in [4.69, 9.17) is 9.84 Å². The van der Waals surface area contributed by atoms with Crippen LogP contribution in [0.1, 0.15) is 64.4 Å². The van der Waals surface area contributed by atoms with Crippen molar-refractivity contribution in [1.29, 1.82) is 0 Å². The molecule has 1 aromatic rings. The monoisotopic (exact) mass is 236 g/mol. The third-order valence-electron chi connectivity index (χ3n) is 3.37. The van der Waals surface area contributed by atoms with Crippen molar-refractivity contribution >= 4 is 0 Å². The molecule has 0 aliphatic carbocycles. The Kier molecular flexibility index (Phi) is 3.30. The van der Waals surface area contributed by atoms with Crippen molar-refractivity contribution in [3.05, 3.63) is 17.5 Å². The van der Waals surface area contributed by atoms with Crippen molar-refractivity contribution in [2.75, 3.05) is 13.2 Å². The van der Waals surface area contributed by atoms with Gasteiger partial charge in [0.25, 0.3) is 0 Å². The van der Waals surface area contributed by atoms with E-state index in [2.05, 4.69) is 45.4 Å². The van der Waals surface area contributed by atoms with E-state index < -0.39 is 0 Å². The number of ether oxygens (including phenoxy) is 1. The first-order valence-electron chi connectivity index (χ1n) is 6.57. The maximum atomic E-state index is 5.49. The van der Waals surface area contributed by atoms with Gasteiger partial charge in [0.2, 0.25) is 0 Å². The highest BCUT2D eigenvalue weighted by Crippen LogP contribution is 2.30. The van der Waals surface area contributed by atoms with E-state index in [0.29, 0.717) is 12.0 Å². The van der Waals surface area contributed by atoms with Crippen LogP contribution in [-0.2, 0) is 10.2 Å². The molecule has 0 N–H and O–H groups in total. The zero-order valence-corrected chi connectivity index (χ0v) is 11.7. The molecule has 1 fully saturated rings. The summed E-state index contributed by atoms with van der Waals surface area (Å²) in [6.07, 6.45) is 1.09. The van der Waals surface area contributed by atoms with E-state index in [9.17, 15) is 0 Å². The quantitative estimate of drug-likeness (QED) is 0.788. The summed E-state index contributed by atoms with van der Waals surface area (Å²) in [7, 11) is 0. The van der Waals surface area contributed by atoms with Gasteiger partial charge in [0.1, 0.15) is 0 Å². The Morgan fingerprint density at radius 1 is 1.41 bits per heavy atom. The molecule has 0 bridgehead atoms. The number of rotatable bonds is 2. The van der Waals surface area contributed by atoms with E-state index in [1.165, 1.54) is 11.4 Å². The summed E-state index contributed by atoms with van der Waals surface area (Å²) in [5, 5.41) is 4.79. The van der Waals surface area contributed by atoms with Gasteiger partial charge in [0, 0.05) is 17.7 Å². The predicted octanol–water partition coefficient (Wildman–Crippen LogP) is 3.27. The molecule has 1 unspecified atom stereocenters. The van der Waals surface area contributed by atoms with Crippen LogP contribution in [0.5, 0.6) is 0 Å². The molecule has 1 aromatic heterocycles. The summed E-state index contributed by atoms with van der Waals surface area (Å²) < 4.78 is 7.70. The van der Waals surface area contributed by atoms with Gasteiger partial charge in [0.05, 0.1) is 18.3 Å². The molecule has 3 heteroatoms. The van der Waals surface area contributed by atoms with Crippen LogP contribution in [-0.4, -0.2) is 23.0 Å². The van der Waals surface area contributed by atoms with E-state index >= 15 is 0 Å². The average molecular weight is 236 g/mol. The van der Waals surface area contributed by atoms with Crippen molar-refractivity contribution < 1.29 is 4.74 Å². The predicted molar refractivity (Wildman–Crippen MR) is 69.5 cm³/mol. The van der Waals surface area contributed by atoms with E-state index in [1.807, 2.05) is 0 Å². The molecular weight excluding hydrogens is 212 g/mol. The Morgan fingerprint density at radius 3 is 2.59 bits per heavy atom. The topological polar surface area (TPSA) is 27.1 Å². The maximum absolute atomic E-state index is 5.49. The minimum absolute atomic E-state index is 0.142. The standard InChI is InChI=1S/C14H24N2O/c1-10(2)12-8-13(14(3,4)5)16(15-12)11-6-7-17-9-11/h8,10-11H,6-7,9H2,1-5H3. The van der Waals surface area contributed by atoms with E-state index in [-0.39, 0.29) is 5.41 Å². The zero-order valence-electron chi connectivity index (χ0n) is 11.7. The molecule has 2 heterocycles. The minimum atomic E-state index is 0.142. The van der Waals surface area contributed by atoms with Crippen LogP contribution in [0, 0.1) is 0 Å². The van der Waals surface area contributed by atoms with Crippen molar-refractivity contribution in [2.45, 2.75) is 58.4 Å². The second-order valence-electron chi connectivity index (χ2n) is 6.32. The zero-order chi connectivity index (χ0) is 12.6. The Balaban J connectivity index is 2.40. The third kappa shape index (κ3) is 2.54. The van der Waals surface area contributed by atoms with Gasteiger partial charge in [-0.15, -0.1) is 0 Å². The number of aromatic nitrogens is 2. The lowest BCUT2D eigenvalue weighted by molar-refractivity contribution is 0.183. The molecule has 96 valence electrons. The Hall–Kier alpha value is -0.830. The fourth-order valence-corrected chi connectivity index (χ4v) is 2.25. The molecule has 17 heavy (non-hydrogen) atoms. The van der Waals surface area contributed by atoms with Gasteiger partial charge in [-0.3, -0.25) is 4.68 Å². The lowest BCUT2D eigenvalue weighted by Crippen LogP contribution is -2.22. The smallest absolute Gasteiger partial charge is 0.0778 e. The average Bonchev–Trinajstić information content (AvgIpc) is 2.85. The Morgan fingerprint density at radius 2 is 2.12 bits per heavy atom. The molecule has 0 spiro atoms. The molecule has 0 saturated carbocycles. The van der Waals surface area contributed by atoms with Crippen molar-refractivity contribution in [3.63, 3.8) is 0 Å². The summed E-state index contributed by atoms with van der Waals surface area (Å²) in [5.74, 6) is 0.486. The molecule has 1 aliphatic rings. The third-order valence-corrected chi connectivity index (χ3v) is 3.37. The van der Waals surface area contributed by atoms with Gasteiger partial charge in [-0.25, -0.2) is 0 Å². The van der Waals surface area contributed by atoms with Crippen LogP contribution in [0.4, 0.5) is 0 Å². The highest BCUT2D eigenvalue weighted by molar-refractivity contribution is 5.21. The highest BCUT2D eigenvalue weighted by atomic mass is 16.5. The van der Waals surface area contributed by atoms with E-state index in [0.717, 1.165) is 19.6 Å². The summed E-state index contributed by atoms with van der Waals surface area (Å²) in [6, 6.07) is 2.69. The van der Waals surface area contributed by atoms with Crippen LogP contribution in [0.2, 0.25) is 0 Å². The molecular formula is C14H24N2O. The number of hydrogen-bond donors (Lipinski definition) is 0. The molecule has 3 nitrogen and oxygen atoms in total. The molecule has 1 atom stereocenters. The van der Waals surface area contributed by atoms with Gasteiger partial charge in [-0.05, 0) is 18.4 Å². The summed E-state index contributed by atoms with van der Waals surface area (Å²) in [4.78, 5) is 0. The SMILES string of the molecule is CC(C)c1cc(C(C)(C)C)n(C2CCOC2)n1. The molecule has 0 amide bonds. The number of hydrogen-bond acceptors (Lipinski definition) is 2. The van der Waals surface area contributed by atoms with Gasteiger partial charge in [-0.2, -0.15) is 5.10 Å². The molecule has 1 saturated heterocycles. The first kappa shape index (κ1) is 12.6. The Labute approximate surface area is 104 Å². The second kappa shape index (κ2) is 4.45. The van der Waals surface area contributed by atoms with Crippen LogP contribution in [0.3, 0.4) is 0 Å². The molecule has 0 radical (unpaired) electrons.